The van der Waals surface area contributed by atoms with Crippen molar-refractivity contribution in [2.24, 2.45) is 23.7 Å². The Bertz CT molecular complexity index is 207. The molecule has 1 heterocycles. The molecule has 2 rings (SSSR count). The highest BCUT2D eigenvalue weighted by Crippen LogP contribution is 2.53. The number of piperidine rings is 1. The largest absolute Gasteiger partial charge is 0.466 e. The summed E-state index contributed by atoms with van der Waals surface area (Å²) in [5.74, 6) is 2.19. The number of hydrogen-bond donors (Lipinski definition) is 1. The van der Waals surface area contributed by atoms with Crippen LogP contribution in [-0.4, -0.2) is 25.7 Å². The second-order valence-corrected chi connectivity index (χ2v) is 4.10. The molecule has 2 fully saturated rings. The number of carbonyl (C=O) groups is 1. The van der Waals surface area contributed by atoms with E-state index in [0.717, 1.165) is 24.9 Å². The average Bonchev–Trinajstić information content (AvgIpc) is 2.58. The first-order valence-electron chi connectivity index (χ1n) is 5.13. The highest BCUT2D eigenvalue weighted by molar-refractivity contribution is 5.73. The molecule has 1 saturated carbocycles. The Labute approximate surface area is 78.8 Å². The Morgan fingerprint density at radius 3 is 2.69 bits per heavy atom. The van der Waals surface area contributed by atoms with Gasteiger partial charge in [0.2, 0.25) is 0 Å². The second kappa shape index (κ2) is 3.29. The Balaban J connectivity index is 1.85. The zero-order valence-electron chi connectivity index (χ0n) is 8.25. The number of ether oxygens (including phenoxy) is 1. The van der Waals surface area contributed by atoms with Crippen LogP contribution in [-0.2, 0) is 9.53 Å². The Morgan fingerprint density at radius 2 is 2.15 bits per heavy atom. The molecular weight excluding hydrogens is 166 g/mol. The number of nitrogens with one attached hydrogen (secondary N) is 1. The summed E-state index contributed by atoms with van der Waals surface area (Å²) in [6, 6.07) is 0. The molecule has 0 spiro atoms. The summed E-state index contributed by atoms with van der Waals surface area (Å²) in [4.78, 5) is 11.4. The maximum atomic E-state index is 11.4. The predicted molar refractivity (Wildman–Crippen MR) is 49.1 cm³/mol. The number of fused-ring (bicyclic) bond motifs is 1. The topological polar surface area (TPSA) is 38.3 Å². The third-order valence-corrected chi connectivity index (χ3v) is 3.39. The molecule has 0 bridgehead atoms. The van der Waals surface area contributed by atoms with Crippen LogP contribution < -0.4 is 5.32 Å². The summed E-state index contributed by atoms with van der Waals surface area (Å²) in [6.45, 7) is 6.56. The fourth-order valence-electron chi connectivity index (χ4n) is 2.64. The monoisotopic (exact) mass is 183 g/mol. The molecule has 1 aliphatic heterocycles. The smallest absolute Gasteiger partial charge is 0.308 e. The van der Waals surface area contributed by atoms with Crippen molar-refractivity contribution in [3.63, 3.8) is 0 Å². The van der Waals surface area contributed by atoms with Gasteiger partial charge in [0.05, 0.1) is 12.5 Å². The van der Waals surface area contributed by atoms with E-state index in [4.69, 9.17) is 4.74 Å². The molecular formula is C10H17NO2. The van der Waals surface area contributed by atoms with E-state index in [0.29, 0.717) is 12.5 Å². The van der Waals surface area contributed by atoms with E-state index in [1.54, 1.807) is 0 Å². The summed E-state index contributed by atoms with van der Waals surface area (Å²) in [5.41, 5.74) is 0. The molecule has 1 saturated heterocycles. The van der Waals surface area contributed by atoms with Crippen molar-refractivity contribution in [3.8, 4) is 0 Å². The minimum Gasteiger partial charge on any atom is -0.466 e. The number of esters is 1. The molecule has 0 radical (unpaired) electrons. The van der Waals surface area contributed by atoms with Gasteiger partial charge in [-0.25, -0.2) is 0 Å². The van der Waals surface area contributed by atoms with E-state index in [1.165, 1.54) is 0 Å². The maximum absolute atomic E-state index is 11.4. The lowest BCUT2D eigenvalue weighted by Gasteiger charge is -2.12. The molecule has 74 valence electrons. The molecule has 0 aromatic rings. The summed E-state index contributed by atoms with van der Waals surface area (Å²) in [5, 5.41) is 3.33. The van der Waals surface area contributed by atoms with Crippen molar-refractivity contribution in [1.82, 2.24) is 5.32 Å². The van der Waals surface area contributed by atoms with Gasteiger partial charge in [-0.1, -0.05) is 6.92 Å². The van der Waals surface area contributed by atoms with Crippen LogP contribution in [0.2, 0.25) is 0 Å². The summed E-state index contributed by atoms with van der Waals surface area (Å²) >= 11 is 0. The van der Waals surface area contributed by atoms with Crippen molar-refractivity contribution in [2.75, 3.05) is 19.7 Å². The van der Waals surface area contributed by atoms with Crippen LogP contribution in [0.1, 0.15) is 13.8 Å². The van der Waals surface area contributed by atoms with E-state index in [1.807, 2.05) is 13.8 Å². The lowest BCUT2D eigenvalue weighted by molar-refractivity contribution is -0.148. The molecule has 3 nitrogen and oxygen atoms in total. The van der Waals surface area contributed by atoms with Gasteiger partial charge in [0.1, 0.15) is 0 Å². The van der Waals surface area contributed by atoms with Crippen LogP contribution in [0, 0.1) is 23.7 Å². The Morgan fingerprint density at radius 1 is 1.54 bits per heavy atom. The van der Waals surface area contributed by atoms with Crippen LogP contribution in [0.3, 0.4) is 0 Å². The SMILES string of the molecule is CCOC(=O)C(C)C1[C@H]2CNC[C@@H]12. The molecule has 3 heteroatoms. The van der Waals surface area contributed by atoms with Gasteiger partial charge in [-0.05, 0) is 37.8 Å². The van der Waals surface area contributed by atoms with E-state index in [9.17, 15) is 4.79 Å². The molecule has 0 aromatic heterocycles. The Kier molecular flexibility index (Phi) is 2.28. The van der Waals surface area contributed by atoms with Crippen molar-refractivity contribution in [3.05, 3.63) is 0 Å². The fourth-order valence-corrected chi connectivity index (χ4v) is 2.64. The standard InChI is InChI=1S/C10H17NO2/c1-3-13-10(12)6(2)9-7-4-11-5-8(7)9/h6-9,11H,3-5H2,1-2H3/t6?,7-,8+,9?. The van der Waals surface area contributed by atoms with Gasteiger partial charge in [-0.2, -0.15) is 0 Å². The first-order chi connectivity index (χ1) is 6.25. The zero-order valence-corrected chi connectivity index (χ0v) is 8.25. The number of rotatable bonds is 3. The van der Waals surface area contributed by atoms with Gasteiger partial charge in [-0.3, -0.25) is 4.79 Å². The van der Waals surface area contributed by atoms with E-state index < -0.39 is 0 Å². The molecule has 2 unspecified atom stereocenters. The quantitative estimate of drug-likeness (QED) is 0.653. The van der Waals surface area contributed by atoms with Gasteiger partial charge in [-0.15, -0.1) is 0 Å². The van der Waals surface area contributed by atoms with Gasteiger partial charge in [0.25, 0.3) is 0 Å². The first kappa shape index (κ1) is 9.00. The third-order valence-electron chi connectivity index (χ3n) is 3.39. The highest BCUT2D eigenvalue weighted by atomic mass is 16.5. The molecule has 0 aromatic carbocycles. The second-order valence-electron chi connectivity index (χ2n) is 4.10. The van der Waals surface area contributed by atoms with Crippen molar-refractivity contribution < 1.29 is 9.53 Å². The van der Waals surface area contributed by atoms with Crippen LogP contribution in [0.15, 0.2) is 0 Å². The number of hydrogen-bond acceptors (Lipinski definition) is 3. The third kappa shape index (κ3) is 1.46. The fraction of sp³-hybridized carbons (Fsp3) is 0.900. The molecule has 4 atom stereocenters. The lowest BCUT2D eigenvalue weighted by Crippen LogP contribution is -2.23. The molecule has 1 aliphatic carbocycles. The summed E-state index contributed by atoms with van der Waals surface area (Å²) < 4.78 is 5.01. The molecule has 13 heavy (non-hydrogen) atoms. The summed E-state index contributed by atoms with van der Waals surface area (Å²) in [6.07, 6.45) is 0. The van der Waals surface area contributed by atoms with Crippen molar-refractivity contribution in [2.45, 2.75) is 13.8 Å². The molecule has 0 amide bonds. The molecule has 2 aliphatic rings. The Hall–Kier alpha value is -0.570. The minimum atomic E-state index is -0.0121. The molecule has 1 N–H and O–H groups in total. The van der Waals surface area contributed by atoms with Crippen LogP contribution in [0.25, 0.3) is 0 Å². The average molecular weight is 183 g/mol. The number of carbonyl (C=O) groups excluding carboxylic acids is 1. The van der Waals surface area contributed by atoms with E-state index >= 15 is 0 Å². The van der Waals surface area contributed by atoms with Crippen LogP contribution in [0.4, 0.5) is 0 Å². The minimum absolute atomic E-state index is 0.0121. The van der Waals surface area contributed by atoms with E-state index in [2.05, 4.69) is 5.32 Å². The van der Waals surface area contributed by atoms with Crippen LogP contribution >= 0.6 is 0 Å². The van der Waals surface area contributed by atoms with Gasteiger partial charge >= 0.3 is 5.97 Å². The van der Waals surface area contributed by atoms with Crippen molar-refractivity contribution in [1.29, 1.82) is 0 Å². The van der Waals surface area contributed by atoms with Gasteiger partial charge < -0.3 is 10.1 Å². The van der Waals surface area contributed by atoms with Gasteiger partial charge in [0, 0.05) is 0 Å². The van der Waals surface area contributed by atoms with Crippen molar-refractivity contribution >= 4 is 5.97 Å². The normalized spacial score (nSPS) is 38.2. The van der Waals surface area contributed by atoms with E-state index in [-0.39, 0.29) is 11.9 Å². The summed E-state index contributed by atoms with van der Waals surface area (Å²) in [7, 11) is 0. The van der Waals surface area contributed by atoms with Crippen LogP contribution in [0.5, 0.6) is 0 Å². The zero-order chi connectivity index (χ0) is 9.42. The highest BCUT2D eigenvalue weighted by Gasteiger charge is 2.56. The lowest BCUT2D eigenvalue weighted by atomic mass is 10.0. The first-order valence-corrected chi connectivity index (χ1v) is 5.13. The van der Waals surface area contributed by atoms with Gasteiger partial charge in [0.15, 0.2) is 0 Å². The maximum Gasteiger partial charge on any atom is 0.308 e. The predicted octanol–water partition coefficient (Wildman–Crippen LogP) is 0.651.